The molecule has 0 amide bonds. The average molecular weight is 296 g/mol. The zero-order valence-corrected chi connectivity index (χ0v) is 11.5. The van der Waals surface area contributed by atoms with E-state index in [2.05, 4.69) is 14.7 Å². The molecule has 0 spiro atoms. The summed E-state index contributed by atoms with van der Waals surface area (Å²) in [6, 6.07) is 5.07. The minimum absolute atomic E-state index is 0.278. The monoisotopic (exact) mass is 295 g/mol. The molecule has 0 aliphatic rings. The number of hydrogen-bond acceptors (Lipinski definition) is 6. The van der Waals surface area contributed by atoms with Crippen molar-refractivity contribution in [2.45, 2.75) is 10.1 Å². The third kappa shape index (κ3) is 3.36. The van der Waals surface area contributed by atoms with Crippen LogP contribution in [0, 0.1) is 0 Å². The molecule has 0 unspecified atom stereocenters. The Labute approximate surface area is 119 Å². The molecule has 2 rings (SSSR count). The van der Waals surface area contributed by atoms with Crippen molar-refractivity contribution in [1.82, 2.24) is 9.97 Å². The number of nitrogen functional groups attached to an aromatic ring is 1. The molecule has 0 aromatic carbocycles. The third-order valence-corrected chi connectivity index (χ3v) is 3.33. The quantitative estimate of drug-likeness (QED) is 0.877. The van der Waals surface area contributed by atoms with E-state index in [0.717, 1.165) is 5.03 Å². The van der Waals surface area contributed by atoms with E-state index in [1.165, 1.54) is 25.1 Å². The number of hydrogen-bond donors (Lipinski definition) is 1. The number of ether oxygens (including phenoxy) is 1. The normalized spacial score (nSPS) is 10.2. The molecule has 2 aromatic heterocycles. The number of carbonyl (C=O) groups is 1. The van der Waals surface area contributed by atoms with E-state index in [4.69, 9.17) is 17.3 Å². The second-order valence-electron chi connectivity index (χ2n) is 3.52. The number of esters is 1. The van der Waals surface area contributed by atoms with E-state index >= 15 is 0 Å². The fourth-order valence-electron chi connectivity index (χ4n) is 1.32. The van der Waals surface area contributed by atoms with E-state index in [1.807, 2.05) is 0 Å². The Morgan fingerprint density at radius 1 is 1.32 bits per heavy atom. The van der Waals surface area contributed by atoms with Gasteiger partial charge in [0.1, 0.15) is 10.1 Å². The van der Waals surface area contributed by atoms with Crippen molar-refractivity contribution >= 4 is 35.0 Å². The molecule has 0 aliphatic carbocycles. The van der Waals surface area contributed by atoms with Crippen LogP contribution >= 0.6 is 23.4 Å². The number of halogens is 1. The number of pyridine rings is 2. The molecular formula is C12H10ClN3O2S. The zero-order valence-electron chi connectivity index (χ0n) is 9.96. The summed E-state index contributed by atoms with van der Waals surface area (Å²) in [5.41, 5.74) is 6.24. The van der Waals surface area contributed by atoms with Gasteiger partial charge in [-0.2, -0.15) is 0 Å². The summed E-state index contributed by atoms with van der Waals surface area (Å²) in [6.07, 6.45) is 2.97. The van der Waals surface area contributed by atoms with Gasteiger partial charge in [0.05, 0.1) is 29.6 Å². The highest BCUT2D eigenvalue weighted by Crippen LogP contribution is 2.27. The van der Waals surface area contributed by atoms with Crippen LogP contribution in [0.3, 0.4) is 0 Å². The number of aromatic nitrogens is 2. The van der Waals surface area contributed by atoms with Gasteiger partial charge in [0, 0.05) is 6.20 Å². The van der Waals surface area contributed by atoms with E-state index in [1.54, 1.807) is 24.4 Å². The number of anilines is 1. The number of nitrogens with zero attached hydrogens (tertiary/aromatic N) is 2. The summed E-state index contributed by atoms with van der Waals surface area (Å²) >= 11 is 7.06. The Kier molecular flexibility index (Phi) is 4.24. The smallest absolute Gasteiger partial charge is 0.340 e. The van der Waals surface area contributed by atoms with Crippen molar-refractivity contribution < 1.29 is 9.53 Å². The molecule has 0 aliphatic heterocycles. The Balaban J connectivity index is 2.26. The number of nitrogens with two attached hydrogens (primary N) is 1. The minimum Gasteiger partial charge on any atom is -0.465 e. The second-order valence-corrected chi connectivity index (χ2v) is 5.00. The minimum atomic E-state index is -0.495. The third-order valence-electron chi connectivity index (χ3n) is 2.22. The highest BCUT2D eigenvalue weighted by atomic mass is 35.5. The van der Waals surface area contributed by atoms with Gasteiger partial charge in [0.2, 0.25) is 0 Å². The number of methoxy groups -OCH3 is 1. The topological polar surface area (TPSA) is 78.1 Å². The summed E-state index contributed by atoms with van der Waals surface area (Å²) in [4.78, 5) is 19.8. The molecule has 98 valence electrons. The molecule has 2 N–H and O–H groups in total. The summed E-state index contributed by atoms with van der Waals surface area (Å²) in [6.45, 7) is 0. The average Bonchev–Trinajstić information content (AvgIpc) is 2.42. The van der Waals surface area contributed by atoms with E-state index in [9.17, 15) is 4.79 Å². The van der Waals surface area contributed by atoms with Crippen molar-refractivity contribution in [3.05, 3.63) is 41.2 Å². The number of carbonyl (C=O) groups excluding carboxylic acids is 1. The molecule has 2 aromatic rings. The van der Waals surface area contributed by atoms with Crippen LogP contribution in [0.1, 0.15) is 10.4 Å². The molecule has 0 radical (unpaired) electrons. The highest BCUT2D eigenvalue weighted by Gasteiger charge is 2.12. The van der Waals surface area contributed by atoms with Gasteiger partial charge in [0.25, 0.3) is 0 Å². The van der Waals surface area contributed by atoms with Crippen molar-refractivity contribution in [2.24, 2.45) is 0 Å². The van der Waals surface area contributed by atoms with Crippen molar-refractivity contribution in [1.29, 1.82) is 0 Å². The molecule has 0 atom stereocenters. The number of rotatable bonds is 3. The maximum absolute atomic E-state index is 11.5. The molecule has 19 heavy (non-hydrogen) atoms. The first-order valence-electron chi connectivity index (χ1n) is 5.23. The van der Waals surface area contributed by atoms with E-state index in [-0.39, 0.29) is 11.3 Å². The second kappa shape index (κ2) is 5.90. The fraction of sp³-hybridized carbons (Fsp3) is 0.0833. The highest BCUT2D eigenvalue weighted by molar-refractivity contribution is 7.99. The lowest BCUT2D eigenvalue weighted by Crippen LogP contribution is -2.06. The first kappa shape index (κ1) is 13.6. The summed E-state index contributed by atoms with van der Waals surface area (Å²) in [7, 11) is 1.30. The molecule has 0 bridgehead atoms. The predicted molar refractivity (Wildman–Crippen MR) is 73.4 cm³/mol. The molecule has 5 nitrogen and oxygen atoms in total. The van der Waals surface area contributed by atoms with E-state index in [0.29, 0.717) is 10.0 Å². The van der Waals surface area contributed by atoms with E-state index < -0.39 is 5.97 Å². The van der Waals surface area contributed by atoms with Crippen LogP contribution in [-0.4, -0.2) is 23.0 Å². The van der Waals surface area contributed by atoms with Gasteiger partial charge in [-0.05, 0) is 18.2 Å². The standard InChI is InChI=1S/C12H10ClN3O2S/c1-18-12(17)8-4-11(16-6-9(8)14)19-10-3-2-7(13)5-15-10/h2-6H,14H2,1H3. The summed E-state index contributed by atoms with van der Waals surface area (Å²) < 4.78 is 4.65. The van der Waals surface area contributed by atoms with Crippen molar-refractivity contribution in [3.63, 3.8) is 0 Å². The lowest BCUT2D eigenvalue weighted by atomic mass is 10.2. The zero-order chi connectivity index (χ0) is 13.8. The van der Waals surface area contributed by atoms with Crippen LogP contribution in [0.4, 0.5) is 5.69 Å². The van der Waals surface area contributed by atoms with Crippen LogP contribution in [0.5, 0.6) is 0 Å². The Hall–Kier alpha value is -1.79. The first-order chi connectivity index (χ1) is 9.10. The van der Waals surface area contributed by atoms with Gasteiger partial charge in [-0.1, -0.05) is 23.4 Å². The molecule has 2 heterocycles. The van der Waals surface area contributed by atoms with Crippen molar-refractivity contribution in [2.75, 3.05) is 12.8 Å². The Morgan fingerprint density at radius 3 is 2.68 bits per heavy atom. The van der Waals surface area contributed by atoms with Gasteiger partial charge >= 0.3 is 5.97 Å². The van der Waals surface area contributed by atoms with Crippen LogP contribution in [0.15, 0.2) is 40.6 Å². The SMILES string of the molecule is COC(=O)c1cc(Sc2ccc(Cl)cn2)ncc1N. The lowest BCUT2D eigenvalue weighted by molar-refractivity contribution is 0.0601. The molecule has 7 heteroatoms. The van der Waals surface area contributed by atoms with Crippen LogP contribution in [0.2, 0.25) is 5.02 Å². The molecule has 0 saturated heterocycles. The van der Waals surface area contributed by atoms with Gasteiger partial charge in [-0.15, -0.1) is 0 Å². The molecule has 0 saturated carbocycles. The van der Waals surface area contributed by atoms with Gasteiger partial charge in [0.15, 0.2) is 0 Å². The largest absolute Gasteiger partial charge is 0.465 e. The van der Waals surface area contributed by atoms with Gasteiger partial charge < -0.3 is 10.5 Å². The summed E-state index contributed by atoms with van der Waals surface area (Å²) in [5.74, 6) is -0.495. The molecular weight excluding hydrogens is 286 g/mol. The lowest BCUT2D eigenvalue weighted by Gasteiger charge is -2.05. The van der Waals surface area contributed by atoms with Crippen molar-refractivity contribution in [3.8, 4) is 0 Å². The first-order valence-corrected chi connectivity index (χ1v) is 6.43. The summed E-state index contributed by atoms with van der Waals surface area (Å²) in [5, 5.41) is 1.88. The fourth-order valence-corrected chi connectivity index (χ4v) is 2.17. The molecule has 0 fully saturated rings. The van der Waals surface area contributed by atoms with Gasteiger partial charge in [-0.3, -0.25) is 0 Å². The Bertz CT molecular complexity index is 604. The van der Waals surface area contributed by atoms with Crippen LogP contribution in [-0.2, 0) is 4.74 Å². The van der Waals surface area contributed by atoms with Gasteiger partial charge in [-0.25, -0.2) is 14.8 Å². The maximum Gasteiger partial charge on any atom is 0.340 e. The predicted octanol–water partition coefficient (Wildman–Crippen LogP) is 2.65. The maximum atomic E-state index is 11.5. The Morgan fingerprint density at radius 2 is 2.05 bits per heavy atom. The van der Waals surface area contributed by atoms with Crippen LogP contribution in [0.25, 0.3) is 0 Å². The van der Waals surface area contributed by atoms with Crippen LogP contribution < -0.4 is 5.73 Å².